The fraction of sp³-hybridized carbons (Fsp3) is 0.933. The number of nitrogens with one attached hydrogen (secondary N) is 1. The van der Waals surface area contributed by atoms with Gasteiger partial charge in [0.2, 0.25) is 0 Å². The highest BCUT2D eigenvalue weighted by molar-refractivity contribution is 5.68. The Labute approximate surface area is 134 Å². The van der Waals surface area contributed by atoms with Crippen LogP contribution in [-0.4, -0.2) is 54.6 Å². The normalized spacial score (nSPS) is 21.4. The van der Waals surface area contributed by atoms with Crippen LogP contribution in [-0.2, 0) is 4.74 Å². The minimum atomic E-state index is -4.05. The molecule has 0 saturated carbocycles. The fourth-order valence-corrected chi connectivity index (χ4v) is 2.45. The van der Waals surface area contributed by atoms with Gasteiger partial charge in [0.25, 0.3) is 0 Å². The molecule has 136 valence electrons. The van der Waals surface area contributed by atoms with Crippen molar-refractivity contribution < 1.29 is 27.1 Å². The molecule has 1 N–H and O–H groups in total. The number of piperidine rings is 1. The molecule has 0 aliphatic carbocycles. The first-order valence-electron chi connectivity index (χ1n) is 7.79. The van der Waals surface area contributed by atoms with Crippen molar-refractivity contribution in [3.63, 3.8) is 0 Å². The number of carbonyl (C=O) groups is 1. The number of nitrogens with zero attached hydrogens (tertiary/aromatic N) is 1. The topological polar surface area (TPSA) is 41.6 Å². The molecular formula is C15H26F4N2O2. The predicted molar refractivity (Wildman–Crippen MR) is 78.9 cm³/mol. The van der Waals surface area contributed by atoms with Gasteiger partial charge in [-0.3, -0.25) is 0 Å². The molecule has 0 radical (unpaired) electrons. The zero-order valence-corrected chi connectivity index (χ0v) is 14.0. The number of carbonyl (C=O) groups excluding carboxylic acids is 1. The summed E-state index contributed by atoms with van der Waals surface area (Å²) >= 11 is 0. The second-order valence-corrected chi connectivity index (χ2v) is 7.06. The number of likely N-dealkylation sites (tertiary alicyclic amines) is 1. The summed E-state index contributed by atoms with van der Waals surface area (Å²) in [4.78, 5) is 13.6. The average molecular weight is 342 g/mol. The number of ether oxygens (including phenoxy) is 1. The van der Waals surface area contributed by atoms with E-state index in [1.165, 1.54) is 0 Å². The van der Waals surface area contributed by atoms with E-state index < -0.39 is 36.6 Å². The second kappa shape index (κ2) is 7.68. The number of halogens is 4. The van der Waals surface area contributed by atoms with Crippen LogP contribution in [0.3, 0.4) is 0 Å². The molecule has 23 heavy (non-hydrogen) atoms. The van der Waals surface area contributed by atoms with E-state index in [4.69, 9.17) is 4.74 Å². The first-order valence-corrected chi connectivity index (χ1v) is 7.79. The van der Waals surface area contributed by atoms with E-state index in [2.05, 4.69) is 5.32 Å². The fourth-order valence-electron chi connectivity index (χ4n) is 2.45. The van der Waals surface area contributed by atoms with Crippen molar-refractivity contribution in [1.29, 1.82) is 0 Å². The van der Waals surface area contributed by atoms with Crippen LogP contribution in [0.25, 0.3) is 0 Å². The van der Waals surface area contributed by atoms with Crippen molar-refractivity contribution in [2.75, 3.05) is 19.6 Å². The van der Waals surface area contributed by atoms with Gasteiger partial charge in [0.15, 0.2) is 0 Å². The van der Waals surface area contributed by atoms with Crippen LogP contribution in [0, 0.1) is 5.92 Å². The Morgan fingerprint density at radius 3 is 2.48 bits per heavy atom. The summed E-state index contributed by atoms with van der Waals surface area (Å²) < 4.78 is 55.6. The van der Waals surface area contributed by atoms with Crippen LogP contribution in [0.15, 0.2) is 0 Å². The lowest BCUT2D eigenvalue weighted by Crippen LogP contribution is -2.50. The van der Waals surface area contributed by atoms with Crippen molar-refractivity contribution in [3.05, 3.63) is 0 Å². The summed E-state index contributed by atoms with van der Waals surface area (Å²) in [6.07, 6.45) is -2.66. The molecule has 1 heterocycles. The smallest absolute Gasteiger partial charge is 0.410 e. The van der Waals surface area contributed by atoms with Gasteiger partial charge in [-0.15, -0.1) is 0 Å². The molecule has 0 spiro atoms. The maximum atomic E-state index is 13.0. The standard InChI is InChI=1S/C15H26F4N2O2/c1-10(20-9-15(18,19)12(16)17)11-6-5-7-21(8-11)13(22)23-14(2,3)4/h10-12,20H,5-9H2,1-4H3. The molecule has 1 aliphatic heterocycles. The third-order valence-electron chi connectivity index (χ3n) is 3.80. The maximum absolute atomic E-state index is 13.0. The van der Waals surface area contributed by atoms with Gasteiger partial charge in [-0.25, -0.2) is 13.6 Å². The molecule has 1 saturated heterocycles. The van der Waals surface area contributed by atoms with E-state index in [0.717, 1.165) is 12.8 Å². The lowest BCUT2D eigenvalue weighted by molar-refractivity contribution is -0.126. The Morgan fingerprint density at radius 2 is 1.96 bits per heavy atom. The van der Waals surface area contributed by atoms with E-state index in [9.17, 15) is 22.4 Å². The predicted octanol–water partition coefficient (Wildman–Crippen LogP) is 3.51. The summed E-state index contributed by atoms with van der Waals surface area (Å²) in [5, 5.41) is 2.47. The second-order valence-electron chi connectivity index (χ2n) is 7.06. The minimum Gasteiger partial charge on any atom is -0.444 e. The van der Waals surface area contributed by atoms with Gasteiger partial charge in [-0.2, -0.15) is 8.78 Å². The molecule has 1 fully saturated rings. The molecule has 2 atom stereocenters. The van der Waals surface area contributed by atoms with E-state index >= 15 is 0 Å². The van der Waals surface area contributed by atoms with Crippen LogP contribution in [0.4, 0.5) is 22.4 Å². The molecule has 4 nitrogen and oxygen atoms in total. The van der Waals surface area contributed by atoms with Crippen molar-refractivity contribution in [2.24, 2.45) is 5.92 Å². The average Bonchev–Trinajstić information content (AvgIpc) is 2.43. The molecule has 0 bridgehead atoms. The van der Waals surface area contributed by atoms with E-state index in [-0.39, 0.29) is 5.92 Å². The summed E-state index contributed by atoms with van der Waals surface area (Å²) in [5.41, 5.74) is -0.604. The summed E-state index contributed by atoms with van der Waals surface area (Å²) in [6, 6.07) is -0.398. The van der Waals surface area contributed by atoms with Gasteiger partial charge >= 0.3 is 18.4 Å². The van der Waals surface area contributed by atoms with E-state index in [1.54, 1.807) is 32.6 Å². The molecule has 0 aromatic carbocycles. The summed E-state index contributed by atoms with van der Waals surface area (Å²) in [6.45, 7) is 6.81. The van der Waals surface area contributed by atoms with Gasteiger partial charge in [-0.1, -0.05) is 0 Å². The van der Waals surface area contributed by atoms with Crippen molar-refractivity contribution >= 4 is 6.09 Å². The largest absolute Gasteiger partial charge is 0.444 e. The zero-order chi connectivity index (χ0) is 17.8. The van der Waals surface area contributed by atoms with Crippen molar-refractivity contribution in [1.82, 2.24) is 10.2 Å². The number of rotatable bonds is 5. The molecular weight excluding hydrogens is 316 g/mol. The lowest BCUT2D eigenvalue weighted by Gasteiger charge is -2.37. The molecule has 0 aromatic heterocycles. The Hall–Kier alpha value is -1.05. The Balaban J connectivity index is 2.52. The minimum absolute atomic E-state index is 0.0789. The van der Waals surface area contributed by atoms with Crippen LogP contribution in [0.5, 0.6) is 0 Å². The molecule has 2 unspecified atom stereocenters. The highest BCUT2D eigenvalue weighted by Crippen LogP contribution is 2.24. The molecule has 1 rings (SSSR count). The van der Waals surface area contributed by atoms with E-state index in [0.29, 0.717) is 13.1 Å². The van der Waals surface area contributed by atoms with Crippen LogP contribution < -0.4 is 5.32 Å². The Kier molecular flexibility index (Phi) is 6.68. The SMILES string of the molecule is CC(NCC(F)(F)C(F)F)C1CCCN(C(=O)OC(C)(C)C)C1. The van der Waals surface area contributed by atoms with E-state index in [1.807, 2.05) is 0 Å². The van der Waals surface area contributed by atoms with Crippen molar-refractivity contribution in [2.45, 2.75) is 64.5 Å². The van der Waals surface area contributed by atoms with Crippen LogP contribution >= 0.6 is 0 Å². The molecule has 1 aliphatic rings. The number of amides is 1. The van der Waals surface area contributed by atoms with Gasteiger partial charge in [0, 0.05) is 19.1 Å². The first-order chi connectivity index (χ1) is 10.4. The van der Waals surface area contributed by atoms with Gasteiger partial charge in [0.1, 0.15) is 5.60 Å². The molecule has 1 amide bonds. The molecule has 8 heteroatoms. The Bertz CT molecular complexity index is 399. The highest BCUT2D eigenvalue weighted by atomic mass is 19.3. The lowest BCUT2D eigenvalue weighted by atomic mass is 9.91. The van der Waals surface area contributed by atoms with Gasteiger partial charge in [-0.05, 0) is 46.5 Å². The number of hydrogen-bond donors (Lipinski definition) is 1. The summed E-state index contributed by atoms with van der Waals surface area (Å²) in [7, 11) is 0. The number of alkyl halides is 4. The first kappa shape index (κ1) is 20.0. The summed E-state index contributed by atoms with van der Waals surface area (Å²) in [5.74, 6) is -4.13. The third-order valence-corrected chi connectivity index (χ3v) is 3.80. The van der Waals surface area contributed by atoms with Crippen LogP contribution in [0.2, 0.25) is 0 Å². The quantitative estimate of drug-likeness (QED) is 0.778. The zero-order valence-electron chi connectivity index (χ0n) is 14.0. The van der Waals surface area contributed by atoms with Gasteiger partial charge in [0.05, 0.1) is 6.54 Å². The highest BCUT2D eigenvalue weighted by Gasteiger charge is 2.41. The third kappa shape index (κ3) is 6.53. The van der Waals surface area contributed by atoms with Crippen LogP contribution in [0.1, 0.15) is 40.5 Å². The monoisotopic (exact) mass is 342 g/mol. The van der Waals surface area contributed by atoms with Crippen molar-refractivity contribution in [3.8, 4) is 0 Å². The Morgan fingerprint density at radius 1 is 1.35 bits per heavy atom. The maximum Gasteiger partial charge on any atom is 0.410 e. The van der Waals surface area contributed by atoms with Gasteiger partial charge < -0.3 is 15.0 Å². The molecule has 0 aromatic rings. The number of hydrogen-bond acceptors (Lipinski definition) is 3.